The summed E-state index contributed by atoms with van der Waals surface area (Å²) in [7, 11) is 0. The van der Waals surface area contributed by atoms with E-state index in [4.69, 9.17) is 10.5 Å². The van der Waals surface area contributed by atoms with Gasteiger partial charge in [0.2, 0.25) is 5.91 Å². The van der Waals surface area contributed by atoms with Gasteiger partial charge in [-0.3, -0.25) is 4.79 Å². The minimum Gasteiger partial charge on any atom is -0.364 e. The summed E-state index contributed by atoms with van der Waals surface area (Å²) in [5, 5.41) is 3.00. The molecule has 0 spiro atoms. The second kappa shape index (κ2) is 6.17. The predicted octanol–water partition coefficient (Wildman–Crippen LogP) is 0.965. The maximum Gasteiger partial charge on any atom is 0.249 e. The standard InChI is InChI=1S/C13H22N2O2/c14-8-11-6-7-12(17-11)13(16)15-9-10-4-2-1-3-5-10/h1-2,10-12H,3-9,14H2,(H,15,16). The van der Waals surface area contributed by atoms with E-state index in [2.05, 4.69) is 17.5 Å². The third kappa shape index (κ3) is 3.54. The number of nitrogens with one attached hydrogen (secondary N) is 1. The van der Waals surface area contributed by atoms with Crippen LogP contribution in [0.15, 0.2) is 12.2 Å². The number of carbonyl (C=O) groups is 1. The molecular weight excluding hydrogens is 216 g/mol. The molecule has 1 heterocycles. The molecule has 0 aromatic carbocycles. The number of carbonyl (C=O) groups excluding carboxylic acids is 1. The van der Waals surface area contributed by atoms with Gasteiger partial charge in [0.1, 0.15) is 6.10 Å². The predicted molar refractivity (Wildman–Crippen MR) is 66.4 cm³/mol. The van der Waals surface area contributed by atoms with Gasteiger partial charge in [-0.25, -0.2) is 0 Å². The van der Waals surface area contributed by atoms with Gasteiger partial charge in [-0.2, -0.15) is 0 Å². The first-order chi connectivity index (χ1) is 8.29. The molecule has 1 amide bonds. The zero-order chi connectivity index (χ0) is 12.1. The minimum absolute atomic E-state index is 0.0375. The van der Waals surface area contributed by atoms with E-state index in [-0.39, 0.29) is 18.1 Å². The number of amides is 1. The number of rotatable bonds is 4. The van der Waals surface area contributed by atoms with Gasteiger partial charge in [-0.05, 0) is 38.0 Å². The fourth-order valence-corrected chi connectivity index (χ4v) is 2.47. The highest BCUT2D eigenvalue weighted by Crippen LogP contribution is 2.20. The smallest absolute Gasteiger partial charge is 0.249 e. The molecule has 1 saturated heterocycles. The van der Waals surface area contributed by atoms with Crippen LogP contribution >= 0.6 is 0 Å². The van der Waals surface area contributed by atoms with Gasteiger partial charge in [0.05, 0.1) is 6.10 Å². The van der Waals surface area contributed by atoms with E-state index in [1.54, 1.807) is 0 Å². The quantitative estimate of drug-likeness (QED) is 0.717. The fourth-order valence-electron chi connectivity index (χ4n) is 2.47. The third-order valence-electron chi connectivity index (χ3n) is 3.61. The van der Waals surface area contributed by atoms with Gasteiger partial charge in [0.25, 0.3) is 0 Å². The zero-order valence-electron chi connectivity index (χ0n) is 10.2. The number of hydrogen-bond donors (Lipinski definition) is 2. The molecule has 2 aliphatic rings. The monoisotopic (exact) mass is 238 g/mol. The number of allylic oxidation sites excluding steroid dienone is 2. The molecule has 3 atom stereocenters. The molecule has 17 heavy (non-hydrogen) atoms. The molecule has 0 aromatic heterocycles. The highest BCUT2D eigenvalue weighted by molar-refractivity contribution is 5.81. The van der Waals surface area contributed by atoms with E-state index in [1.807, 2.05) is 0 Å². The fraction of sp³-hybridized carbons (Fsp3) is 0.769. The Labute approximate surface area is 103 Å². The van der Waals surface area contributed by atoms with Crippen molar-refractivity contribution in [2.75, 3.05) is 13.1 Å². The SMILES string of the molecule is NCC1CCC(C(=O)NCC2CC=CCC2)O1. The van der Waals surface area contributed by atoms with Crippen LogP contribution in [0.3, 0.4) is 0 Å². The lowest BCUT2D eigenvalue weighted by molar-refractivity contribution is -0.132. The van der Waals surface area contributed by atoms with Crippen LogP contribution in [-0.2, 0) is 9.53 Å². The Morgan fingerprint density at radius 2 is 2.24 bits per heavy atom. The van der Waals surface area contributed by atoms with Crippen LogP contribution < -0.4 is 11.1 Å². The Bertz CT molecular complexity index is 291. The molecule has 0 aromatic rings. The summed E-state index contributed by atoms with van der Waals surface area (Å²) in [6.07, 6.45) is 9.31. The van der Waals surface area contributed by atoms with Crippen molar-refractivity contribution >= 4 is 5.91 Å². The van der Waals surface area contributed by atoms with Crippen molar-refractivity contribution in [3.63, 3.8) is 0 Å². The van der Waals surface area contributed by atoms with Crippen LogP contribution in [0.2, 0.25) is 0 Å². The molecule has 0 bridgehead atoms. The molecular formula is C13H22N2O2. The second-order valence-corrected chi connectivity index (χ2v) is 4.96. The van der Waals surface area contributed by atoms with Gasteiger partial charge in [0, 0.05) is 13.1 Å². The van der Waals surface area contributed by atoms with E-state index in [9.17, 15) is 4.79 Å². The summed E-state index contributed by atoms with van der Waals surface area (Å²) >= 11 is 0. The Morgan fingerprint density at radius 3 is 2.88 bits per heavy atom. The van der Waals surface area contributed by atoms with Crippen LogP contribution in [0.5, 0.6) is 0 Å². The van der Waals surface area contributed by atoms with E-state index in [0.717, 1.165) is 32.2 Å². The summed E-state index contributed by atoms with van der Waals surface area (Å²) in [6, 6.07) is 0. The van der Waals surface area contributed by atoms with Crippen molar-refractivity contribution < 1.29 is 9.53 Å². The van der Waals surface area contributed by atoms with Gasteiger partial charge >= 0.3 is 0 Å². The minimum atomic E-state index is -0.275. The average Bonchev–Trinajstić information content (AvgIpc) is 2.86. The number of hydrogen-bond acceptors (Lipinski definition) is 3. The second-order valence-electron chi connectivity index (χ2n) is 4.96. The maximum atomic E-state index is 11.9. The van der Waals surface area contributed by atoms with Crippen molar-refractivity contribution in [3.8, 4) is 0 Å². The van der Waals surface area contributed by atoms with E-state index in [0.29, 0.717) is 12.5 Å². The summed E-state index contributed by atoms with van der Waals surface area (Å²) in [5.74, 6) is 0.631. The largest absolute Gasteiger partial charge is 0.364 e. The highest BCUT2D eigenvalue weighted by Gasteiger charge is 2.29. The van der Waals surface area contributed by atoms with Crippen molar-refractivity contribution in [2.45, 2.75) is 44.3 Å². The van der Waals surface area contributed by atoms with Crippen LogP contribution in [-0.4, -0.2) is 31.2 Å². The van der Waals surface area contributed by atoms with E-state index < -0.39 is 0 Å². The zero-order valence-corrected chi connectivity index (χ0v) is 10.2. The van der Waals surface area contributed by atoms with Gasteiger partial charge in [0.15, 0.2) is 0 Å². The maximum absolute atomic E-state index is 11.9. The molecule has 1 fully saturated rings. The molecule has 4 nitrogen and oxygen atoms in total. The first kappa shape index (κ1) is 12.6. The summed E-state index contributed by atoms with van der Waals surface area (Å²) < 4.78 is 5.56. The molecule has 0 saturated carbocycles. The molecule has 1 aliphatic heterocycles. The molecule has 0 radical (unpaired) electrons. The van der Waals surface area contributed by atoms with Crippen LogP contribution in [0.1, 0.15) is 32.1 Å². The first-order valence-corrected chi connectivity index (χ1v) is 6.58. The number of ether oxygens (including phenoxy) is 1. The lowest BCUT2D eigenvalue weighted by atomic mass is 9.94. The lowest BCUT2D eigenvalue weighted by Crippen LogP contribution is -2.38. The van der Waals surface area contributed by atoms with Crippen LogP contribution in [0.4, 0.5) is 0 Å². The van der Waals surface area contributed by atoms with Crippen molar-refractivity contribution in [1.29, 1.82) is 0 Å². The van der Waals surface area contributed by atoms with Crippen molar-refractivity contribution in [3.05, 3.63) is 12.2 Å². The molecule has 1 aliphatic carbocycles. The first-order valence-electron chi connectivity index (χ1n) is 6.58. The Morgan fingerprint density at radius 1 is 1.35 bits per heavy atom. The molecule has 2 rings (SSSR count). The molecule has 3 N–H and O–H groups in total. The molecule has 3 unspecified atom stereocenters. The highest BCUT2D eigenvalue weighted by atomic mass is 16.5. The van der Waals surface area contributed by atoms with Gasteiger partial charge in [-0.15, -0.1) is 0 Å². The van der Waals surface area contributed by atoms with Gasteiger partial charge in [-0.1, -0.05) is 12.2 Å². The van der Waals surface area contributed by atoms with Crippen LogP contribution in [0.25, 0.3) is 0 Å². The summed E-state index contributed by atoms with van der Waals surface area (Å²) in [5.41, 5.74) is 5.52. The van der Waals surface area contributed by atoms with Crippen LogP contribution in [0, 0.1) is 5.92 Å². The third-order valence-corrected chi connectivity index (χ3v) is 3.61. The Balaban J connectivity index is 1.68. The Kier molecular flexibility index (Phi) is 4.57. The van der Waals surface area contributed by atoms with Crippen molar-refractivity contribution in [2.24, 2.45) is 11.7 Å². The summed E-state index contributed by atoms with van der Waals surface area (Å²) in [6.45, 7) is 1.29. The lowest BCUT2D eigenvalue weighted by Gasteiger charge is -2.19. The van der Waals surface area contributed by atoms with Crippen molar-refractivity contribution in [1.82, 2.24) is 5.32 Å². The van der Waals surface area contributed by atoms with E-state index in [1.165, 1.54) is 6.42 Å². The molecule has 4 heteroatoms. The topological polar surface area (TPSA) is 64.4 Å². The number of nitrogens with two attached hydrogens (primary N) is 1. The van der Waals surface area contributed by atoms with Gasteiger partial charge < -0.3 is 15.8 Å². The normalized spacial score (nSPS) is 32.6. The molecule has 96 valence electrons. The average molecular weight is 238 g/mol. The Hall–Kier alpha value is -0.870. The summed E-state index contributed by atoms with van der Waals surface area (Å²) in [4.78, 5) is 11.9. The van der Waals surface area contributed by atoms with E-state index >= 15 is 0 Å².